The average Bonchev–Trinajstić information content (AvgIpc) is 2.94. The van der Waals surface area contributed by atoms with E-state index < -0.39 is 18.1 Å². The van der Waals surface area contributed by atoms with Crippen LogP contribution in [0.15, 0.2) is 76.7 Å². The van der Waals surface area contributed by atoms with Crippen molar-refractivity contribution < 1.29 is 19.8 Å². The minimum absolute atomic E-state index is 0. The molecular formula is C28H28Cl2N6O4. The topological polar surface area (TPSA) is 147 Å². The molecular weight excluding hydrogens is 555 g/mol. The minimum atomic E-state index is -0.515. The predicted molar refractivity (Wildman–Crippen MR) is 158 cm³/mol. The van der Waals surface area contributed by atoms with Gasteiger partial charge in [0.2, 0.25) is 0 Å². The van der Waals surface area contributed by atoms with Crippen molar-refractivity contribution in [1.29, 1.82) is 0 Å². The number of aliphatic hydroxyl groups excluding tert-OH is 2. The van der Waals surface area contributed by atoms with Crippen LogP contribution in [0.4, 0.5) is 11.4 Å². The van der Waals surface area contributed by atoms with Gasteiger partial charge >= 0.3 is 0 Å². The Morgan fingerprint density at radius 2 is 1.30 bits per heavy atom. The lowest BCUT2D eigenvalue weighted by Gasteiger charge is -2.19. The number of aliphatic imine (C=N–C) groups is 2. The van der Waals surface area contributed by atoms with E-state index >= 15 is 0 Å². The summed E-state index contributed by atoms with van der Waals surface area (Å²) in [7, 11) is 0. The molecule has 2 atom stereocenters. The van der Waals surface area contributed by atoms with E-state index in [-0.39, 0.29) is 28.9 Å². The van der Waals surface area contributed by atoms with E-state index in [1.807, 2.05) is 12.1 Å². The van der Waals surface area contributed by atoms with Crippen molar-refractivity contribution in [2.75, 3.05) is 36.8 Å². The summed E-state index contributed by atoms with van der Waals surface area (Å²) in [5.74, 6) is 0.504. The van der Waals surface area contributed by atoms with Crippen molar-refractivity contribution >= 4 is 58.9 Å². The third-order valence-electron chi connectivity index (χ3n) is 6.19. The molecule has 0 radical (unpaired) electrons. The van der Waals surface area contributed by atoms with Crippen LogP contribution < -0.4 is 21.3 Å². The standard InChI is InChI=1S/C28H27ClN6O4.ClH/c29-24-11-18(27(38)34-19-5-1-3-16(9-19)25-30-12-21(36)13-31-25)7-8-23(24)28(39)35-20-6-2-4-17(10-20)26-32-14-22(37)15-33-26;/h1-11,21-22,36-37H,12-15H2,(H,30,31)(H,32,33)(H,34,38)(H,35,39);1H. The molecule has 2 unspecified atom stereocenters. The Hall–Kier alpha value is -3.96. The summed E-state index contributed by atoms with van der Waals surface area (Å²) in [6.45, 7) is 1.46. The molecule has 40 heavy (non-hydrogen) atoms. The zero-order chi connectivity index (χ0) is 27.4. The van der Waals surface area contributed by atoms with Gasteiger partial charge in [0.25, 0.3) is 11.8 Å². The van der Waals surface area contributed by atoms with E-state index in [0.29, 0.717) is 54.8 Å². The van der Waals surface area contributed by atoms with Gasteiger partial charge in [-0.3, -0.25) is 19.6 Å². The number of rotatable bonds is 6. The van der Waals surface area contributed by atoms with Crippen molar-refractivity contribution in [2.24, 2.45) is 9.98 Å². The van der Waals surface area contributed by atoms with E-state index in [1.165, 1.54) is 18.2 Å². The van der Waals surface area contributed by atoms with Gasteiger partial charge in [-0.25, -0.2) is 0 Å². The second-order valence-electron chi connectivity index (χ2n) is 9.21. The fourth-order valence-corrected chi connectivity index (χ4v) is 4.45. The number of amides is 2. The number of amidine groups is 2. The number of hydrogen-bond acceptors (Lipinski definition) is 8. The Kier molecular flexibility index (Phi) is 9.38. The highest BCUT2D eigenvalue weighted by Gasteiger charge is 2.18. The lowest BCUT2D eigenvalue weighted by atomic mass is 10.1. The van der Waals surface area contributed by atoms with Crippen LogP contribution in [0.5, 0.6) is 0 Å². The summed E-state index contributed by atoms with van der Waals surface area (Å²) in [5, 5.41) is 31.2. The number of nitrogens with zero attached hydrogens (tertiary/aromatic N) is 2. The molecule has 2 heterocycles. The van der Waals surface area contributed by atoms with Gasteiger partial charge in [-0.05, 0) is 42.5 Å². The maximum Gasteiger partial charge on any atom is 0.257 e. The van der Waals surface area contributed by atoms with E-state index in [2.05, 4.69) is 31.3 Å². The smallest absolute Gasteiger partial charge is 0.257 e. The first-order chi connectivity index (χ1) is 18.9. The van der Waals surface area contributed by atoms with Gasteiger partial charge in [-0.2, -0.15) is 0 Å². The average molecular weight is 583 g/mol. The second-order valence-corrected chi connectivity index (χ2v) is 9.62. The van der Waals surface area contributed by atoms with E-state index in [0.717, 1.165) is 11.1 Å². The molecule has 3 aromatic carbocycles. The lowest BCUT2D eigenvalue weighted by Crippen LogP contribution is -2.39. The quantitative estimate of drug-likeness (QED) is 0.263. The molecule has 0 fully saturated rings. The molecule has 0 aliphatic carbocycles. The van der Waals surface area contributed by atoms with Crippen LogP contribution in [0.3, 0.4) is 0 Å². The van der Waals surface area contributed by atoms with Gasteiger partial charge in [-0.15, -0.1) is 12.4 Å². The van der Waals surface area contributed by atoms with Crippen LogP contribution in [-0.4, -0.2) is 72.1 Å². The van der Waals surface area contributed by atoms with Gasteiger partial charge in [-0.1, -0.05) is 35.9 Å². The first-order valence-corrected chi connectivity index (χ1v) is 12.8. The number of halogens is 2. The Morgan fingerprint density at radius 1 is 0.775 bits per heavy atom. The largest absolute Gasteiger partial charge is 0.389 e. The van der Waals surface area contributed by atoms with Crippen LogP contribution >= 0.6 is 24.0 Å². The molecule has 0 saturated carbocycles. The summed E-state index contributed by atoms with van der Waals surface area (Å²) in [6.07, 6.45) is -1.03. The molecule has 3 aromatic rings. The molecule has 0 saturated heterocycles. The predicted octanol–water partition coefficient (Wildman–Crippen LogP) is 2.69. The molecule has 6 N–H and O–H groups in total. The number of nitrogens with one attached hydrogen (secondary N) is 4. The third kappa shape index (κ3) is 6.97. The number of β-amino-alcohol motifs (C(OH)–C–C–N with tert-alkyl or cyclic N) is 2. The summed E-state index contributed by atoms with van der Waals surface area (Å²) in [5.41, 5.74) is 3.21. The number of carbonyl (C=O) groups excluding carboxylic acids is 2. The van der Waals surface area contributed by atoms with Crippen LogP contribution in [0, 0.1) is 0 Å². The highest BCUT2D eigenvalue weighted by molar-refractivity contribution is 6.35. The maximum atomic E-state index is 12.9. The fourth-order valence-electron chi connectivity index (χ4n) is 4.18. The van der Waals surface area contributed by atoms with E-state index in [1.54, 1.807) is 36.4 Å². The van der Waals surface area contributed by atoms with Gasteiger partial charge in [0.15, 0.2) is 0 Å². The summed E-state index contributed by atoms with van der Waals surface area (Å²) >= 11 is 6.40. The molecule has 2 amide bonds. The normalized spacial score (nSPS) is 18.2. The highest BCUT2D eigenvalue weighted by Crippen LogP contribution is 2.22. The number of aliphatic hydroxyl groups is 2. The molecule has 10 nitrogen and oxygen atoms in total. The Morgan fingerprint density at radius 3 is 1.77 bits per heavy atom. The van der Waals surface area contributed by atoms with Crippen molar-refractivity contribution in [3.8, 4) is 0 Å². The molecule has 0 aromatic heterocycles. The highest BCUT2D eigenvalue weighted by atomic mass is 35.5. The fraction of sp³-hybridized carbons (Fsp3) is 0.214. The summed E-state index contributed by atoms with van der Waals surface area (Å²) in [4.78, 5) is 34.5. The second kappa shape index (κ2) is 12.9. The van der Waals surface area contributed by atoms with Gasteiger partial charge in [0.1, 0.15) is 11.7 Å². The third-order valence-corrected chi connectivity index (χ3v) is 6.51. The van der Waals surface area contributed by atoms with Crippen molar-refractivity contribution in [3.63, 3.8) is 0 Å². The van der Waals surface area contributed by atoms with Crippen LogP contribution in [-0.2, 0) is 0 Å². The van der Waals surface area contributed by atoms with Crippen LogP contribution in [0.1, 0.15) is 31.8 Å². The van der Waals surface area contributed by atoms with Gasteiger partial charge < -0.3 is 31.5 Å². The van der Waals surface area contributed by atoms with Crippen LogP contribution in [0.25, 0.3) is 0 Å². The molecule has 208 valence electrons. The Labute approximate surface area is 242 Å². The van der Waals surface area contributed by atoms with Gasteiger partial charge in [0.05, 0.1) is 35.9 Å². The number of hydrogen-bond donors (Lipinski definition) is 6. The summed E-state index contributed by atoms with van der Waals surface area (Å²) in [6, 6.07) is 18.9. The first-order valence-electron chi connectivity index (χ1n) is 12.4. The van der Waals surface area contributed by atoms with Gasteiger partial charge in [0, 0.05) is 41.2 Å². The number of benzene rings is 3. The van der Waals surface area contributed by atoms with E-state index in [9.17, 15) is 19.8 Å². The number of anilines is 2. The SMILES string of the molecule is Cl.O=C(Nc1cccc(C2=NCC(O)CN2)c1)c1ccc(C(=O)Nc2cccc(C3=NCC(O)CN3)c2)c(Cl)c1. The lowest BCUT2D eigenvalue weighted by molar-refractivity contribution is 0.101. The Balaban J connectivity index is 0.00000370. The zero-order valence-corrected chi connectivity index (χ0v) is 22.8. The van der Waals surface area contributed by atoms with Crippen molar-refractivity contribution in [3.05, 3.63) is 94.0 Å². The maximum absolute atomic E-state index is 12.9. The molecule has 0 bridgehead atoms. The molecule has 12 heteroatoms. The number of carbonyl (C=O) groups is 2. The first kappa shape index (κ1) is 29.0. The van der Waals surface area contributed by atoms with Crippen LogP contribution in [0.2, 0.25) is 5.02 Å². The van der Waals surface area contributed by atoms with Crippen molar-refractivity contribution in [2.45, 2.75) is 12.2 Å². The Bertz CT molecular complexity index is 1480. The monoisotopic (exact) mass is 582 g/mol. The van der Waals surface area contributed by atoms with Crippen molar-refractivity contribution in [1.82, 2.24) is 10.6 Å². The molecule has 2 aliphatic rings. The molecule has 5 rings (SSSR count). The van der Waals surface area contributed by atoms with E-state index in [4.69, 9.17) is 11.6 Å². The summed E-state index contributed by atoms with van der Waals surface area (Å²) < 4.78 is 0. The zero-order valence-electron chi connectivity index (χ0n) is 21.2. The minimum Gasteiger partial charge on any atom is -0.389 e. The molecule has 2 aliphatic heterocycles. The molecule has 0 spiro atoms.